The van der Waals surface area contributed by atoms with E-state index in [-0.39, 0.29) is 11.1 Å². The van der Waals surface area contributed by atoms with Crippen molar-refractivity contribution in [2.45, 2.75) is 13.8 Å². The van der Waals surface area contributed by atoms with Crippen LogP contribution in [-0.4, -0.2) is 11.9 Å². The Morgan fingerprint density at radius 2 is 1.23 bits per heavy atom. The lowest BCUT2D eigenvalue weighted by Crippen LogP contribution is -2.10. The van der Waals surface area contributed by atoms with Crippen molar-refractivity contribution in [1.29, 1.82) is 0 Å². The third kappa shape index (κ3) is 5.63. The summed E-state index contributed by atoms with van der Waals surface area (Å²) < 4.78 is 9.90. The predicted molar refractivity (Wildman–Crippen MR) is 85.2 cm³/mol. The van der Waals surface area contributed by atoms with E-state index in [0.717, 1.165) is 11.1 Å². The first kappa shape index (κ1) is 17.2. The Morgan fingerprint density at radius 1 is 0.864 bits per heavy atom. The van der Waals surface area contributed by atoms with Crippen LogP contribution in [-0.2, 0) is 9.47 Å². The van der Waals surface area contributed by atoms with Crippen LogP contribution in [0.5, 0.6) is 0 Å². The van der Waals surface area contributed by atoms with Crippen molar-refractivity contribution in [3.05, 3.63) is 84.4 Å². The predicted octanol–water partition coefficient (Wildman–Crippen LogP) is 4.18. The molecule has 0 aliphatic carbocycles. The van der Waals surface area contributed by atoms with Crippen molar-refractivity contribution in [2.24, 2.45) is 0 Å². The molecule has 1 aromatic carbocycles. The van der Waals surface area contributed by atoms with Gasteiger partial charge in [-0.15, -0.1) is 0 Å². The summed E-state index contributed by atoms with van der Waals surface area (Å²) >= 11 is 0. The van der Waals surface area contributed by atoms with Crippen molar-refractivity contribution >= 4 is 11.9 Å². The monoisotopic (exact) mass is 298 g/mol. The van der Waals surface area contributed by atoms with Crippen molar-refractivity contribution in [1.82, 2.24) is 0 Å². The van der Waals surface area contributed by atoms with E-state index in [0.29, 0.717) is 0 Å². The Bertz CT molecular complexity index is 594. The SMILES string of the molecule is C=C(C)C=COC(=O)c1ccccc1C(=O)OC=CC(=C)C. The largest absolute Gasteiger partial charge is 0.431 e. The molecular weight excluding hydrogens is 280 g/mol. The molecule has 4 heteroatoms. The van der Waals surface area contributed by atoms with E-state index in [2.05, 4.69) is 13.2 Å². The van der Waals surface area contributed by atoms with E-state index in [4.69, 9.17) is 9.47 Å². The van der Waals surface area contributed by atoms with Gasteiger partial charge in [0, 0.05) is 0 Å². The standard InChI is InChI=1S/C18H18O4/c1-13(2)9-11-21-17(19)15-7-5-6-8-16(15)18(20)22-12-10-14(3)4/h5-12H,1,3H2,2,4H3. The van der Waals surface area contributed by atoms with Crippen LogP contribution < -0.4 is 0 Å². The van der Waals surface area contributed by atoms with Crippen LogP contribution in [0.25, 0.3) is 0 Å². The number of carbonyl (C=O) groups is 2. The van der Waals surface area contributed by atoms with Gasteiger partial charge in [0.25, 0.3) is 0 Å². The molecule has 1 aromatic rings. The van der Waals surface area contributed by atoms with Gasteiger partial charge in [-0.1, -0.05) is 36.4 Å². The maximum atomic E-state index is 12.0. The van der Waals surface area contributed by atoms with Crippen LogP contribution in [0.1, 0.15) is 34.6 Å². The lowest BCUT2D eigenvalue weighted by atomic mass is 10.1. The Kier molecular flexibility index (Phi) is 6.57. The minimum absolute atomic E-state index is 0.127. The number of carbonyl (C=O) groups excluding carboxylic acids is 2. The van der Waals surface area contributed by atoms with Gasteiger partial charge in [0.05, 0.1) is 23.7 Å². The van der Waals surface area contributed by atoms with E-state index in [9.17, 15) is 9.59 Å². The zero-order valence-electron chi connectivity index (χ0n) is 12.7. The zero-order chi connectivity index (χ0) is 16.5. The maximum absolute atomic E-state index is 12.0. The normalized spacial score (nSPS) is 10.6. The molecule has 0 aliphatic heterocycles. The summed E-state index contributed by atoms with van der Waals surface area (Å²) in [5.41, 5.74) is 1.74. The lowest BCUT2D eigenvalue weighted by molar-refractivity contribution is 0.0618. The van der Waals surface area contributed by atoms with Gasteiger partial charge < -0.3 is 9.47 Å². The van der Waals surface area contributed by atoms with Crippen molar-refractivity contribution in [3.8, 4) is 0 Å². The first-order chi connectivity index (χ1) is 10.4. The Hall–Kier alpha value is -2.88. The summed E-state index contributed by atoms with van der Waals surface area (Å²) in [6.45, 7) is 10.8. The minimum atomic E-state index is -0.645. The molecule has 0 bridgehead atoms. The number of esters is 2. The number of hydrogen-bond acceptors (Lipinski definition) is 4. The molecule has 0 heterocycles. The topological polar surface area (TPSA) is 52.6 Å². The average Bonchev–Trinajstić information content (AvgIpc) is 2.46. The van der Waals surface area contributed by atoms with E-state index in [1.54, 1.807) is 38.1 Å². The Morgan fingerprint density at radius 3 is 1.55 bits per heavy atom. The number of rotatable bonds is 6. The minimum Gasteiger partial charge on any atom is -0.431 e. The molecule has 0 amide bonds. The van der Waals surface area contributed by atoms with Crippen LogP contribution in [0.2, 0.25) is 0 Å². The summed E-state index contributed by atoms with van der Waals surface area (Å²) in [6.07, 6.45) is 5.56. The molecule has 0 aliphatic rings. The van der Waals surface area contributed by atoms with Crippen LogP contribution in [0.15, 0.2) is 73.2 Å². The lowest BCUT2D eigenvalue weighted by Gasteiger charge is -2.05. The molecule has 0 N–H and O–H groups in total. The summed E-state index contributed by atoms with van der Waals surface area (Å²) in [5, 5.41) is 0. The Balaban J connectivity index is 2.89. The van der Waals surface area contributed by atoms with Gasteiger partial charge in [-0.25, -0.2) is 9.59 Å². The molecule has 114 valence electrons. The van der Waals surface area contributed by atoms with Gasteiger partial charge >= 0.3 is 11.9 Å². The van der Waals surface area contributed by atoms with E-state index >= 15 is 0 Å². The highest BCUT2D eigenvalue weighted by Gasteiger charge is 2.17. The van der Waals surface area contributed by atoms with Crippen LogP contribution >= 0.6 is 0 Å². The fourth-order valence-electron chi connectivity index (χ4n) is 1.39. The van der Waals surface area contributed by atoms with Crippen LogP contribution in [0.3, 0.4) is 0 Å². The van der Waals surface area contributed by atoms with E-state index < -0.39 is 11.9 Å². The second-order valence-electron chi connectivity index (χ2n) is 4.65. The van der Waals surface area contributed by atoms with Crippen molar-refractivity contribution in [3.63, 3.8) is 0 Å². The molecule has 0 atom stereocenters. The number of ether oxygens (including phenoxy) is 2. The molecule has 0 aromatic heterocycles. The molecule has 0 spiro atoms. The number of allylic oxidation sites excluding steroid dienone is 4. The second-order valence-corrected chi connectivity index (χ2v) is 4.65. The van der Waals surface area contributed by atoms with Crippen LogP contribution in [0, 0.1) is 0 Å². The highest BCUT2D eigenvalue weighted by Crippen LogP contribution is 2.12. The van der Waals surface area contributed by atoms with Crippen molar-refractivity contribution in [2.75, 3.05) is 0 Å². The molecule has 4 nitrogen and oxygen atoms in total. The Labute approximate surface area is 130 Å². The molecule has 0 saturated carbocycles. The first-order valence-corrected chi connectivity index (χ1v) is 6.57. The second kappa shape index (κ2) is 8.42. The van der Waals surface area contributed by atoms with Gasteiger partial charge in [0.15, 0.2) is 0 Å². The molecule has 0 fully saturated rings. The first-order valence-electron chi connectivity index (χ1n) is 6.57. The summed E-state index contributed by atoms with van der Waals surface area (Å²) in [7, 11) is 0. The smallest absolute Gasteiger partial charge is 0.343 e. The third-order valence-corrected chi connectivity index (χ3v) is 2.42. The van der Waals surface area contributed by atoms with Gasteiger partial charge in [0.1, 0.15) is 0 Å². The third-order valence-electron chi connectivity index (χ3n) is 2.42. The zero-order valence-corrected chi connectivity index (χ0v) is 12.7. The van der Waals surface area contributed by atoms with E-state index in [1.807, 2.05) is 0 Å². The number of hydrogen-bond donors (Lipinski definition) is 0. The maximum Gasteiger partial charge on any atom is 0.343 e. The van der Waals surface area contributed by atoms with E-state index in [1.165, 1.54) is 24.7 Å². The highest BCUT2D eigenvalue weighted by atomic mass is 16.5. The summed E-state index contributed by atoms with van der Waals surface area (Å²) in [4.78, 5) is 24.0. The average molecular weight is 298 g/mol. The molecule has 0 saturated heterocycles. The highest BCUT2D eigenvalue weighted by molar-refractivity contribution is 6.03. The summed E-state index contributed by atoms with van der Waals surface area (Å²) in [6, 6.07) is 6.27. The molecule has 0 radical (unpaired) electrons. The van der Waals surface area contributed by atoms with Crippen LogP contribution in [0.4, 0.5) is 0 Å². The molecular formula is C18H18O4. The van der Waals surface area contributed by atoms with Crippen molar-refractivity contribution < 1.29 is 19.1 Å². The number of benzene rings is 1. The van der Waals surface area contributed by atoms with Gasteiger partial charge in [-0.3, -0.25) is 0 Å². The fourth-order valence-corrected chi connectivity index (χ4v) is 1.39. The van der Waals surface area contributed by atoms with Gasteiger partial charge in [-0.2, -0.15) is 0 Å². The molecule has 22 heavy (non-hydrogen) atoms. The van der Waals surface area contributed by atoms with Gasteiger partial charge in [0.2, 0.25) is 0 Å². The summed E-state index contributed by atoms with van der Waals surface area (Å²) in [5.74, 6) is -1.29. The molecule has 0 unspecified atom stereocenters. The quantitative estimate of drug-likeness (QED) is 0.449. The fraction of sp³-hybridized carbons (Fsp3) is 0.111. The molecule has 1 rings (SSSR count). The van der Waals surface area contributed by atoms with Gasteiger partial charge in [-0.05, 0) is 38.1 Å².